The highest BCUT2D eigenvalue weighted by atomic mass is 16.6. The predicted octanol–water partition coefficient (Wildman–Crippen LogP) is 4.10. The van der Waals surface area contributed by atoms with E-state index in [4.69, 9.17) is 18.9 Å². The summed E-state index contributed by atoms with van der Waals surface area (Å²) in [6.45, 7) is 7.47. The van der Waals surface area contributed by atoms with Gasteiger partial charge in [0.15, 0.2) is 0 Å². The maximum atomic E-state index is 11.0. The van der Waals surface area contributed by atoms with Gasteiger partial charge in [-0.15, -0.1) is 0 Å². The number of carbonyl (C=O) groups excluding carboxylic acids is 2. The smallest absolute Gasteiger partial charge is 0.330 e. The molecule has 1 aromatic heterocycles. The molecule has 0 saturated carbocycles. The molecular weight excluding hydrogens is 482 g/mol. The van der Waals surface area contributed by atoms with Gasteiger partial charge >= 0.3 is 11.9 Å². The van der Waals surface area contributed by atoms with E-state index in [9.17, 15) is 9.59 Å². The Balaban J connectivity index is 1.47. The van der Waals surface area contributed by atoms with Crippen LogP contribution in [0.4, 0.5) is 0 Å². The van der Waals surface area contributed by atoms with Crippen LogP contribution in [0.5, 0.6) is 11.5 Å². The standard InChI is InChI=1S/C31H25NO6/c1-3-30(33)37-21-19-35-28-15-9-24(10-16-28)5-6-26-8-14-27(32-23-26)13-7-25-11-17-29(18-12-25)36-20-22-38-31(34)4-2/h3-4,8-12,14-18,23H,1-2,19-22H2. The summed E-state index contributed by atoms with van der Waals surface area (Å²) in [5.41, 5.74) is 3.02. The maximum Gasteiger partial charge on any atom is 0.330 e. The average molecular weight is 508 g/mol. The number of rotatable bonds is 10. The van der Waals surface area contributed by atoms with Crippen molar-refractivity contribution >= 4 is 11.9 Å². The number of esters is 2. The molecule has 0 amide bonds. The molecule has 0 bridgehead atoms. The lowest BCUT2D eigenvalue weighted by Gasteiger charge is -2.06. The summed E-state index contributed by atoms with van der Waals surface area (Å²) in [6, 6.07) is 18.2. The number of aromatic nitrogens is 1. The molecular formula is C31H25NO6. The minimum atomic E-state index is -0.479. The van der Waals surface area contributed by atoms with Gasteiger partial charge in [0.1, 0.15) is 43.6 Å². The number of ether oxygens (including phenoxy) is 4. The molecule has 0 aliphatic heterocycles. The van der Waals surface area contributed by atoms with E-state index in [0.717, 1.165) is 28.8 Å². The molecule has 190 valence electrons. The van der Waals surface area contributed by atoms with Crippen molar-refractivity contribution in [3.8, 4) is 35.2 Å². The zero-order valence-electron chi connectivity index (χ0n) is 20.6. The summed E-state index contributed by atoms with van der Waals surface area (Å²) in [5.74, 6) is 12.6. The van der Waals surface area contributed by atoms with Crippen LogP contribution in [-0.4, -0.2) is 43.4 Å². The number of benzene rings is 2. The monoisotopic (exact) mass is 507 g/mol. The number of hydrogen-bond acceptors (Lipinski definition) is 7. The van der Waals surface area contributed by atoms with E-state index < -0.39 is 11.9 Å². The molecule has 0 radical (unpaired) electrons. The van der Waals surface area contributed by atoms with Crippen LogP contribution < -0.4 is 9.47 Å². The van der Waals surface area contributed by atoms with Gasteiger partial charge in [0.25, 0.3) is 0 Å². The molecule has 0 atom stereocenters. The van der Waals surface area contributed by atoms with E-state index in [1.807, 2.05) is 36.4 Å². The number of pyridine rings is 1. The summed E-state index contributed by atoms with van der Waals surface area (Å²) < 4.78 is 20.8. The summed E-state index contributed by atoms with van der Waals surface area (Å²) in [4.78, 5) is 26.3. The third kappa shape index (κ3) is 9.77. The van der Waals surface area contributed by atoms with E-state index in [0.29, 0.717) is 17.2 Å². The molecule has 38 heavy (non-hydrogen) atoms. The SMILES string of the molecule is C=CC(=O)OCCOc1ccc(C#Cc2ccc(C#Cc3ccc(OCCOC(=O)C=C)cc3)nc2)cc1. The number of hydrogen-bond donors (Lipinski definition) is 0. The summed E-state index contributed by atoms with van der Waals surface area (Å²) >= 11 is 0. The van der Waals surface area contributed by atoms with Gasteiger partial charge in [-0.2, -0.15) is 0 Å². The second-order valence-corrected chi connectivity index (χ2v) is 7.42. The van der Waals surface area contributed by atoms with Crippen molar-refractivity contribution in [1.82, 2.24) is 4.98 Å². The minimum Gasteiger partial charge on any atom is -0.490 e. The molecule has 0 unspecified atom stereocenters. The molecule has 0 aliphatic rings. The first-order valence-corrected chi connectivity index (χ1v) is 11.6. The van der Waals surface area contributed by atoms with E-state index in [1.54, 1.807) is 30.5 Å². The van der Waals surface area contributed by atoms with E-state index in [-0.39, 0.29) is 26.4 Å². The first-order valence-electron chi connectivity index (χ1n) is 11.6. The highest BCUT2D eigenvalue weighted by Crippen LogP contribution is 2.13. The van der Waals surface area contributed by atoms with Gasteiger partial charge in [0.2, 0.25) is 0 Å². The largest absolute Gasteiger partial charge is 0.490 e. The van der Waals surface area contributed by atoms with Gasteiger partial charge in [-0.25, -0.2) is 14.6 Å². The lowest BCUT2D eigenvalue weighted by molar-refractivity contribution is -0.139. The topological polar surface area (TPSA) is 84.0 Å². The maximum absolute atomic E-state index is 11.0. The Hall–Kier alpha value is -5.27. The van der Waals surface area contributed by atoms with E-state index in [2.05, 4.69) is 41.8 Å². The van der Waals surface area contributed by atoms with Crippen LogP contribution in [0.25, 0.3) is 0 Å². The molecule has 0 spiro atoms. The van der Waals surface area contributed by atoms with Crippen molar-refractivity contribution in [3.63, 3.8) is 0 Å². The van der Waals surface area contributed by atoms with Gasteiger partial charge in [-0.3, -0.25) is 0 Å². The van der Waals surface area contributed by atoms with Crippen molar-refractivity contribution in [2.45, 2.75) is 0 Å². The van der Waals surface area contributed by atoms with Crippen molar-refractivity contribution in [2.75, 3.05) is 26.4 Å². The van der Waals surface area contributed by atoms with Gasteiger partial charge in [0.05, 0.1) is 0 Å². The lowest BCUT2D eigenvalue weighted by Crippen LogP contribution is -2.10. The van der Waals surface area contributed by atoms with Crippen LogP contribution in [-0.2, 0) is 19.1 Å². The van der Waals surface area contributed by atoms with Gasteiger partial charge in [-0.05, 0) is 66.6 Å². The summed E-state index contributed by atoms with van der Waals surface area (Å²) in [7, 11) is 0. The van der Waals surface area contributed by atoms with Crippen LogP contribution in [0.3, 0.4) is 0 Å². The Kier molecular flexibility index (Phi) is 10.8. The number of nitrogens with zero attached hydrogens (tertiary/aromatic N) is 1. The minimum absolute atomic E-state index is 0.150. The van der Waals surface area contributed by atoms with Crippen LogP contribution in [0.15, 0.2) is 92.2 Å². The molecule has 2 aromatic carbocycles. The Labute approximate surface area is 221 Å². The Bertz CT molecular complexity index is 1260. The fourth-order valence-electron chi connectivity index (χ4n) is 2.81. The quantitative estimate of drug-likeness (QED) is 0.177. The van der Waals surface area contributed by atoms with Gasteiger partial charge < -0.3 is 18.9 Å². The van der Waals surface area contributed by atoms with Crippen LogP contribution in [0.1, 0.15) is 22.4 Å². The third-order valence-corrected chi connectivity index (χ3v) is 4.68. The molecule has 0 aliphatic carbocycles. The van der Waals surface area contributed by atoms with E-state index in [1.165, 1.54) is 0 Å². The Morgan fingerprint density at radius 1 is 0.632 bits per heavy atom. The molecule has 3 rings (SSSR count). The summed E-state index contributed by atoms with van der Waals surface area (Å²) in [6.07, 6.45) is 3.89. The second kappa shape index (κ2) is 15.0. The molecule has 0 N–H and O–H groups in total. The lowest BCUT2D eigenvalue weighted by atomic mass is 10.2. The normalized spacial score (nSPS) is 9.47. The van der Waals surface area contributed by atoms with Crippen LogP contribution in [0.2, 0.25) is 0 Å². The molecule has 7 nitrogen and oxygen atoms in total. The Morgan fingerprint density at radius 2 is 1.08 bits per heavy atom. The first-order chi connectivity index (χ1) is 18.6. The van der Waals surface area contributed by atoms with Crippen molar-refractivity contribution < 1.29 is 28.5 Å². The zero-order valence-corrected chi connectivity index (χ0v) is 20.6. The van der Waals surface area contributed by atoms with Crippen molar-refractivity contribution in [1.29, 1.82) is 0 Å². The molecule has 0 saturated heterocycles. The third-order valence-electron chi connectivity index (χ3n) is 4.68. The van der Waals surface area contributed by atoms with Crippen LogP contribution in [0, 0.1) is 23.7 Å². The highest BCUT2D eigenvalue weighted by molar-refractivity contribution is 5.81. The molecule has 0 fully saturated rings. The van der Waals surface area contributed by atoms with Crippen molar-refractivity contribution in [2.24, 2.45) is 0 Å². The predicted molar refractivity (Wildman–Crippen MR) is 142 cm³/mol. The molecule has 3 aromatic rings. The fraction of sp³-hybridized carbons (Fsp3) is 0.129. The highest BCUT2D eigenvalue weighted by Gasteiger charge is 1.99. The Morgan fingerprint density at radius 3 is 1.53 bits per heavy atom. The van der Waals surface area contributed by atoms with Gasteiger partial charge in [-0.1, -0.05) is 30.9 Å². The number of carbonyl (C=O) groups is 2. The van der Waals surface area contributed by atoms with E-state index >= 15 is 0 Å². The zero-order chi connectivity index (χ0) is 27.0. The first kappa shape index (κ1) is 27.3. The molecule has 7 heteroatoms. The second-order valence-electron chi connectivity index (χ2n) is 7.42. The molecule has 1 heterocycles. The van der Waals surface area contributed by atoms with Crippen LogP contribution >= 0.6 is 0 Å². The van der Waals surface area contributed by atoms with Gasteiger partial charge in [0, 0.05) is 35.0 Å². The fourth-order valence-corrected chi connectivity index (χ4v) is 2.81. The van der Waals surface area contributed by atoms with Crippen molar-refractivity contribution in [3.05, 3.63) is 115 Å². The average Bonchev–Trinajstić information content (AvgIpc) is 2.96. The summed E-state index contributed by atoms with van der Waals surface area (Å²) in [5, 5.41) is 0.